The summed E-state index contributed by atoms with van der Waals surface area (Å²) in [7, 11) is 0. The lowest BCUT2D eigenvalue weighted by atomic mass is 10.0. The summed E-state index contributed by atoms with van der Waals surface area (Å²) in [6.07, 6.45) is 1.95. The van der Waals surface area contributed by atoms with Crippen LogP contribution in [0, 0.1) is 0 Å². The average molecular weight is 443 g/mol. The molecule has 0 spiro atoms. The highest BCUT2D eigenvalue weighted by Gasteiger charge is 2.26. The largest absolute Gasteiger partial charge is 0.383 e. The number of aromatic nitrogens is 2. The molecular formula is C23H34N6O3. The van der Waals surface area contributed by atoms with Crippen LogP contribution in [-0.4, -0.2) is 58.6 Å². The van der Waals surface area contributed by atoms with E-state index in [1.165, 1.54) is 9.47 Å². The third kappa shape index (κ3) is 5.66. The van der Waals surface area contributed by atoms with Gasteiger partial charge in [0.2, 0.25) is 5.91 Å². The highest BCUT2D eigenvalue weighted by atomic mass is 16.2. The average Bonchev–Trinajstić information content (AvgIpc) is 2.75. The number of H-pyrrole nitrogens is 1. The Balaban J connectivity index is 1.78. The van der Waals surface area contributed by atoms with Crippen molar-refractivity contribution in [1.82, 2.24) is 19.8 Å². The van der Waals surface area contributed by atoms with Gasteiger partial charge in [-0.2, -0.15) is 0 Å². The molecule has 9 heteroatoms. The molecular weight excluding hydrogens is 408 g/mol. The Kier molecular flexibility index (Phi) is 7.87. The van der Waals surface area contributed by atoms with Crippen molar-refractivity contribution in [3.8, 4) is 0 Å². The molecule has 1 aliphatic heterocycles. The fourth-order valence-electron chi connectivity index (χ4n) is 4.23. The smallest absolute Gasteiger partial charge is 0.330 e. The molecule has 0 saturated carbocycles. The number of carbonyl (C=O) groups is 1. The van der Waals surface area contributed by atoms with Crippen LogP contribution in [0.1, 0.15) is 39.2 Å². The van der Waals surface area contributed by atoms with Crippen LogP contribution in [0.5, 0.6) is 0 Å². The predicted molar refractivity (Wildman–Crippen MR) is 127 cm³/mol. The van der Waals surface area contributed by atoms with Crippen LogP contribution < -0.4 is 27.2 Å². The van der Waals surface area contributed by atoms with Crippen LogP contribution in [0.3, 0.4) is 0 Å². The Morgan fingerprint density at radius 2 is 1.88 bits per heavy atom. The quantitative estimate of drug-likeness (QED) is 0.561. The van der Waals surface area contributed by atoms with Gasteiger partial charge in [-0.05, 0) is 25.3 Å². The van der Waals surface area contributed by atoms with E-state index in [4.69, 9.17) is 5.73 Å². The van der Waals surface area contributed by atoms with Crippen molar-refractivity contribution >= 4 is 17.4 Å². The molecule has 1 aliphatic rings. The molecule has 3 rings (SSSR count). The normalized spacial score (nSPS) is 15.2. The topological polar surface area (TPSA) is 116 Å². The van der Waals surface area contributed by atoms with Gasteiger partial charge in [-0.3, -0.25) is 24.0 Å². The molecule has 4 N–H and O–H groups in total. The van der Waals surface area contributed by atoms with Gasteiger partial charge in [-0.15, -0.1) is 0 Å². The number of likely N-dealkylation sites (N-methyl/N-ethyl adjacent to an activating group) is 1. The molecule has 2 aromatic rings. The SMILES string of the molecule is CCN(C(=O)CN1CCC(NC(C)C)CC1)c1c(N)n(Cc2ccccc2)c(=O)[nH]c1=O. The molecule has 1 amide bonds. The second-order valence-electron chi connectivity index (χ2n) is 8.57. The number of likely N-dealkylation sites (tertiary alicyclic amines) is 1. The van der Waals surface area contributed by atoms with E-state index in [0.717, 1.165) is 31.5 Å². The summed E-state index contributed by atoms with van der Waals surface area (Å²) in [6, 6.07) is 10.3. The first-order chi connectivity index (χ1) is 15.3. The molecule has 1 aromatic carbocycles. The fraction of sp³-hybridized carbons (Fsp3) is 0.522. The summed E-state index contributed by atoms with van der Waals surface area (Å²) in [6.45, 7) is 8.38. The second kappa shape index (κ2) is 10.6. The molecule has 1 saturated heterocycles. The zero-order valence-corrected chi connectivity index (χ0v) is 19.1. The third-order valence-electron chi connectivity index (χ3n) is 5.80. The van der Waals surface area contributed by atoms with Crippen molar-refractivity contribution in [3.63, 3.8) is 0 Å². The lowest BCUT2D eigenvalue weighted by molar-refractivity contribution is -0.120. The minimum atomic E-state index is -0.646. The number of nitrogens with zero attached hydrogens (tertiary/aromatic N) is 3. The number of nitrogens with two attached hydrogens (primary N) is 1. The Morgan fingerprint density at radius 1 is 1.22 bits per heavy atom. The minimum absolute atomic E-state index is 0.00218. The van der Waals surface area contributed by atoms with Gasteiger partial charge in [-0.25, -0.2) is 4.79 Å². The van der Waals surface area contributed by atoms with Crippen LogP contribution >= 0.6 is 0 Å². The Morgan fingerprint density at radius 3 is 2.47 bits per heavy atom. The van der Waals surface area contributed by atoms with E-state index in [-0.39, 0.29) is 37.0 Å². The van der Waals surface area contributed by atoms with E-state index in [1.54, 1.807) is 6.92 Å². The van der Waals surface area contributed by atoms with Crippen LogP contribution in [0.4, 0.5) is 11.5 Å². The second-order valence-corrected chi connectivity index (χ2v) is 8.57. The standard InChI is InChI=1S/C23H34N6O3/c1-4-28(19(30)15-27-12-10-18(11-13-27)25-16(2)3)20-21(24)29(23(32)26-22(20)31)14-17-8-6-5-7-9-17/h5-9,16,18,25H,4,10-15,24H2,1-3H3,(H,26,31,32). The van der Waals surface area contributed by atoms with Crippen molar-refractivity contribution in [1.29, 1.82) is 0 Å². The molecule has 0 aliphatic carbocycles. The van der Waals surface area contributed by atoms with Crippen LogP contribution in [0.25, 0.3) is 0 Å². The third-order valence-corrected chi connectivity index (χ3v) is 5.80. The maximum Gasteiger partial charge on any atom is 0.330 e. The first-order valence-corrected chi connectivity index (χ1v) is 11.3. The molecule has 0 radical (unpaired) electrons. The van der Waals surface area contributed by atoms with Crippen molar-refractivity contribution < 1.29 is 4.79 Å². The molecule has 0 bridgehead atoms. The summed E-state index contributed by atoms with van der Waals surface area (Å²) in [4.78, 5) is 44.0. The summed E-state index contributed by atoms with van der Waals surface area (Å²) in [5.41, 5.74) is 5.93. The maximum absolute atomic E-state index is 13.1. The zero-order valence-electron chi connectivity index (χ0n) is 19.1. The Hall–Kier alpha value is -2.91. The van der Waals surface area contributed by atoms with Gasteiger partial charge in [0.15, 0.2) is 5.69 Å². The number of carbonyl (C=O) groups excluding carboxylic acids is 1. The number of nitrogens with one attached hydrogen (secondary N) is 2. The van der Waals surface area contributed by atoms with Crippen molar-refractivity contribution in [3.05, 3.63) is 56.7 Å². The summed E-state index contributed by atoms with van der Waals surface area (Å²) < 4.78 is 1.30. The zero-order chi connectivity index (χ0) is 23.3. The predicted octanol–water partition coefficient (Wildman–Crippen LogP) is 0.982. The molecule has 32 heavy (non-hydrogen) atoms. The van der Waals surface area contributed by atoms with E-state index in [9.17, 15) is 14.4 Å². The van der Waals surface area contributed by atoms with E-state index >= 15 is 0 Å². The van der Waals surface area contributed by atoms with Crippen molar-refractivity contribution in [2.24, 2.45) is 0 Å². The maximum atomic E-state index is 13.1. The van der Waals surface area contributed by atoms with E-state index in [0.29, 0.717) is 12.1 Å². The Labute approximate surface area is 188 Å². The van der Waals surface area contributed by atoms with E-state index in [2.05, 4.69) is 29.0 Å². The lowest BCUT2D eigenvalue weighted by Gasteiger charge is -2.34. The minimum Gasteiger partial charge on any atom is -0.383 e. The highest BCUT2D eigenvalue weighted by Crippen LogP contribution is 2.19. The summed E-state index contributed by atoms with van der Waals surface area (Å²) in [5, 5.41) is 3.55. The van der Waals surface area contributed by atoms with Gasteiger partial charge in [0.1, 0.15) is 5.82 Å². The number of hydrogen-bond acceptors (Lipinski definition) is 6. The number of piperidine rings is 1. The van der Waals surface area contributed by atoms with Gasteiger partial charge in [-0.1, -0.05) is 44.2 Å². The number of benzene rings is 1. The first kappa shape index (κ1) is 23.7. The molecule has 1 fully saturated rings. The number of rotatable bonds is 8. The summed E-state index contributed by atoms with van der Waals surface area (Å²) in [5.74, 6) is -0.206. The van der Waals surface area contributed by atoms with Crippen LogP contribution in [-0.2, 0) is 11.3 Å². The molecule has 2 heterocycles. The monoisotopic (exact) mass is 442 g/mol. The lowest BCUT2D eigenvalue weighted by Crippen LogP contribution is -2.49. The Bertz CT molecular complexity index is 1020. The number of amides is 1. The van der Waals surface area contributed by atoms with Crippen LogP contribution in [0.15, 0.2) is 39.9 Å². The number of nitrogen functional groups attached to an aromatic ring is 1. The van der Waals surface area contributed by atoms with Gasteiger partial charge in [0.25, 0.3) is 5.56 Å². The van der Waals surface area contributed by atoms with Gasteiger partial charge >= 0.3 is 5.69 Å². The van der Waals surface area contributed by atoms with E-state index < -0.39 is 11.2 Å². The molecule has 174 valence electrons. The van der Waals surface area contributed by atoms with Crippen molar-refractivity contribution in [2.75, 3.05) is 36.8 Å². The van der Waals surface area contributed by atoms with Crippen molar-refractivity contribution in [2.45, 2.75) is 52.2 Å². The number of aromatic amines is 1. The van der Waals surface area contributed by atoms with Crippen LogP contribution in [0.2, 0.25) is 0 Å². The fourth-order valence-corrected chi connectivity index (χ4v) is 4.23. The molecule has 0 atom stereocenters. The first-order valence-electron chi connectivity index (χ1n) is 11.3. The number of anilines is 2. The highest BCUT2D eigenvalue weighted by molar-refractivity contribution is 5.96. The van der Waals surface area contributed by atoms with E-state index in [1.807, 2.05) is 30.3 Å². The van der Waals surface area contributed by atoms with Gasteiger partial charge in [0, 0.05) is 31.7 Å². The summed E-state index contributed by atoms with van der Waals surface area (Å²) >= 11 is 0. The van der Waals surface area contributed by atoms with Gasteiger partial charge < -0.3 is 16.0 Å². The molecule has 0 unspecified atom stereocenters. The van der Waals surface area contributed by atoms with Gasteiger partial charge in [0.05, 0.1) is 13.1 Å². The number of hydrogen-bond donors (Lipinski definition) is 3. The molecule has 1 aromatic heterocycles. The molecule has 9 nitrogen and oxygen atoms in total.